The predicted octanol–water partition coefficient (Wildman–Crippen LogP) is 3.12. The Morgan fingerprint density at radius 3 is 2.88 bits per heavy atom. The number of nitrogens with two attached hydrogens (primary N) is 1. The molecule has 1 saturated carbocycles. The molecule has 0 spiro atoms. The Morgan fingerprint density at radius 1 is 1.62 bits per heavy atom. The lowest BCUT2D eigenvalue weighted by atomic mass is 9.84. The minimum absolute atomic E-state index is 0.419. The van der Waals surface area contributed by atoms with Gasteiger partial charge in [-0.3, -0.25) is 0 Å². The number of anilines is 2. The maximum atomic E-state index is 5.65. The Balaban J connectivity index is 1.99. The third-order valence-electron chi connectivity index (χ3n) is 3.14. The van der Waals surface area contributed by atoms with Gasteiger partial charge >= 0.3 is 0 Å². The number of rotatable bonds is 4. The van der Waals surface area contributed by atoms with Crippen LogP contribution in [0.2, 0.25) is 0 Å². The second kappa shape index (κ2) is 4.84. The van der Waals surface area contributed by atoms with Crippen LogP contribution in [-0.2, 0) is 0 Å². The van der Waals surface area contributed by atoms with Gasteiger partial charge in [0.25, 0.3) is 0 Å². The van der Waals surface area contributed by atoms with Gasteiger partial charge in [-0.25, -0.2) is 4.98 Å². The molecule has 1 aliphatic carbocycles. The average Bonchev–Trinajstić information content (AvgIpc) is 2.19. The van der Waals surface area contributed by atoms with E-state index < -0.39 is 0 Å². The maximum Gasteiger partial charge on any atom is 0.140 e. The Labute approximate surface area is 109 Å². The SMILES string of the molecule is CSC1(CNc2ncc(N)cc2Br)CCC1. The van der Waals surface area contributed by atoms with Crippen molar-refractivity contribution in [3.05, 3.63) is 16.7 Å². The van der Waals surface area contributed by atoms with Crippen LogP contribution in [0.5, 0.6) is 0 Å². The largest absolute Gasteiger partial charge is 0.397 e. The van der Waals surface area contributed by atoms with Crippen LogP contribution < -0.4 is 11.1 Å². The fourth-order valence-corrected chi connectivity index (χ4v) is 3.27. The number of aromatic nitrogens is 1. The molecule has 0 saturated heterocycles. The molecular formula is C11H16BrN3S. The standard InChI is InChI=1S/C11H16BrN3S/c1-16-11(3-2-4-11)7-15-10-9(12)5-8(13)6-14-10/h5-6H,2-4,7,13H2,1H3,(H,14,15). The first-order valence-corrected chi connectivity index (χ1v) is 7.37. The molecule has 0 radical (unpaired) electrons. The maximum absolute atomic E-state index is 5.65. The molecule has 1 fully saturated rings. The van der Waals surface area contributed by atoms with Gasteiger partial charge in [0.05, 0.1) is 16.4 Å². The van der Waals surface area contributed by atoms with Crippen LogP contribution in [0, 0.1) is 0 Å². The lowest BCUT2D eigenvalue weighted by Gasteiger charge is -2.40. The summed E-state index contributed by atoms with van der Waals surface area (Å²) in [6.07, 6.45) is 7.81. The van der Waals surface area contributed by atoms with Crippen molar-refractivity contribution in [2.75, 3.05) is 23.9 Å². The van der Waals surface area contributed by atoms with Crippen LogP contribution in [0.15, 0.2) is 16.7 Å². The number of nitrogens with one attached hydrogen (secondary N) is 1. The zero-order valence-corrected chi connectivity index (χ0v) is 11.7. The van der Waals surface area contributed by atoms with Gasteiger partial charge in [0.2, 0.25) is 0 Å². The van der Waals surface area contributed by atoms with Crippen LogP contribution in [-0.4, -0.2) is 22.5 Å². The number of nitrogen functional groups attached to an aromatic ring is 1. The fourth-order valence-electron chi connectivity index (χ4n) is 1.85. The monoisotopic (exact) mass is 301 g/mol. The van der Waals surface area contributed by atoms with Crippen LogP contribution in [0.1, 0.15) is 19.3 Å². The first-order valence-electron chi connectivity index (χ1n) is 5.35. The summed E-state index contributed by atoms with van der Waals surface area (Å²) in [6, 6.07) is 1.88. The summed E-state index contributed by atoms with van der Waals surface area (Å²) in [4.78, 5) is 4.28. The van der Waals surface area contributed by atoms with E-state index in [1.165, 1.54) is 19.3 Å². The Kier molecular flexibility index (Phi) is 3.64. The first kappa shape index (κ1) is 12.0. The van der Waals surface area contributed by atoms with Gasteiger partial charge in [-0.1, -0.05) is 6.42 Å². The molecule has 0 amide bonds. The van der Waals surface area contributed by atoms with Gasteiger partial charge in [0.1, 0.15) is 5.82 Å². The second-order valence-corrected chi connectivity index (χ2v) is 6.32. The summed E-state index contributed by atoms with van der Waals surface area (Å²) in [7, 11) is 0. The Morgan fingerprint density at radius 2 is 2.38 bits per heavy atom. The molecule has 3 nitrogen and oxygen atoms in total. The normalized spacial score (nSPS) is 17.9. The predicted molar refractivity (Wildman–Crippen MR) is 74.9 cm³/mol. The highest BCUT2D eigenvalue weighted by Gasteiger charge is 2.35. The van der Waals surface area contributed by atoms with E-state index in [0.717, 1.165) is 16.8 Å². The van der Waals surface area contributed by atoms with E-state index in [2.05, 4.69) is 32.5 Å². The van der Waals surface area contributed by atoms with Crippen LogP contribution in [0.25, 0.3) is 0 Å². The molecule has 0 atom stereocenters. The van der Waals surface area contributed by atoms with Crippen molar-refractivity contribution in [1.82, 2.24) is 4.98 Å². The van der Waals surface area contributed by atoms with Crippen LogP contribution in [0.4, 0.5) is 11.5 Å². The van der Waals surface area contributed by atoms with Crippen molar-refractivity contribution in [2.24, 2.45) is 0 Å². The van der Waals surface area contributed by atoms with Gasteiger partial charge < -0.3 is 11.1 Å². The summed E-state index contributed by atoms with van der Waals surface area (Å²) < 4.78 is 1.35. The average molecular weight is 302 g/mol. The summed E-state index contributed by atoms with van der Waals surface area (Å²) >= 11 is 5.42. The smallest absolute Gasteiger partial charge is 0.140 e. The van der Waals surface area contributed by atoms with E-state index in [9.17, 15) is 0 Å². The molecular weight excluding hydrogens is 286 g/mol. The van der Waals surface area contributed by atoms with Gasteiger partial charge in [0, 0.05) is 11.3 Å². The molecule has 3 N–H and O–H groups in total. The molecule has 1 aromatic heterocycles. The lowest BCUT2D eigenvalue weighted by Crippen LogP contribution is -2.40. The molecule has 88 valence electrons. The third-order valence-corrected chi connectivity index (χ3v) is 5.16. The quantitative estimate of drug-likeness (QED) is 0.897. The third kappa shape index (κ3) is 2.46. The molecule has 0 unspecified atom stereocenters. The van der Waals surface area contributed by atoms with Crippen molar-refractivity contribution < 1.29 is 0 Å². The van der Waals surface area contributed by atoms with Crippen LogP contribution >= 0.6 is 27.7 Å². The topological polar surface area (TPSA) is 50.9 Å². The number of thioether (sulfide) groups is 1. The molecule has 1 aromatic rings. The number of hydrogen-bond donors (Lipinski definition) is 2. The van der Waals surface area contributed by atoms with Crippen molar-refractivity contribution in [3.63, 3.8) is 0 Å². The van der Waals surface area contributed by atoms with Gasteiger partial charge in [-0.15, -0.1) is 0 Å². The lowest BCUT2D eigenvalue weighted by molar-refractivity contribution is 0.379. The zero-order chi connectivity index (χ0) is 11.6. The zero-order valence-electron chi connectivity index (χ0n) is 9.29. The molecule has 1 aliphatic rings. The van der Waals surface area contributed by atoms with E-state index in [-0.39, 0.29) is 0 Å². The van der Waals surface area contributed by atoms with Crippen molar-refractivity contribution in [2.45, 2.75) is 24.0 Å². The molecule has 1 heterocycles. The van der Waals surface area contributed by atoms with E-state index in [1.54, 1.807) is 6.20 Å². The summed E-state index contributed by atoms with van der Waals surface area (Å²) in [5.74, 6) is 0.884. The minimum Gasteiger partial charge on any atom is -0.397 e. The van der Waals surface area contributed by atoms with Crippen LogP contribution in [0.3, 0.4) is 0 Å². The second-order valence-electron chi connectivity index (χ2n) is 4.19. The highest BCUT2D eigenvalue weighted by Crippen LogP contribution is 2.42. The van der Waals surface area contributed by atoms with E-state index in [4.69, 9.17) is 5.73 Å². The number of hydrogen-bond acceptors (Lipinski definition) is 4. The number of pyridine rings is 1. The van der Waals surface area contributed by atoms with Gasteiger partial charge in [0.15, 0.2) is 0 Å². The van der Waals surface area contributed by atoms with Gasteiger partial charge in [-0.05, 0) is 41.1 Å². The van der Waals surface area contributed by atoms with Gasteiger partial charge in [-0.2, -0.15) is 11.8 Å². The minimum atomic E-state index is 0.419. The first-order chi connectivity index (χ1) is 7.65. The molecule has 2 rings (SSSR count). The number of nitrogens with zero attached hydrogens (tertiary/aromatic N) is 1. The highest BCUT2D eigenvalue weighted by molar-refractivity contribution is 9.10. The Bertz CT molecular complexity index is 374. The molecule has 16 heavy (non-hydrogen) atoms. The van der Waals surface area contributed by atoms with E-state index >= 15 is 0 Å². The fraction of sp³-hybridized carbons (Fsp3) is 0.545. The number of halogens is 1. The summed E-state index contributed by atoms with van der Waals surface area (Å²) in [6.45, 7) is 0.976. The molecule has 5 heteroatoms. The molecule has 0 aromatic carbocycles. The van der Waals surface area contributed by atoms with Crippen molar-refractivity contribution in [1.29, 1.82) is 0 Å². The molecule has 0 bridgehead atoms. The van der Waals surface area contributed by atoms with E-state index in [0.29, 0.717) is 10.4 Å². The van der Waals surface area contributed by atoms with Crippen molar-refractivity contribution >= 4 is 39.2 Å². The molecule has 0 aliphatic heterocycles. The highest BCUT2D eigenvalue weighted by atomic mass is 79.9. The summed E-state index contributed by atoms with van der Waals surface area (Å²) in [5, 5.41) is 3.40. The summed E-state index contributed by atoms with van der Waals surface area (Å²) in [5.41, 5.74) is 6.33. The van der Waals surface area contributed by atoms with E-state index in [1.807, 2.05) is 17.8 Å². The Hall–Kier alpha value is -0.420. The van der Waals surface area contributed by atoms with Crippen molar-refractivity contribution in [3.8, 4) is 0 Å².